The third kappa shape index (κ3) is 3.45. The highest BCUT2D eigenvalue weighted by Crippen LogP contribution is 2.32. The zero-order valence-electron chi connectivity index (χ0n) is 10.3. The summed E-state index contributed by atoms with van der Waals surface area (Å²) in [5.41, 5.74) is 6.45. The van der Waals surface area contributed by atoms with Crippen LogP contribution in [0.25, 0.3) is 0 Å². The summed E-state index contributed by atoms with van der Waals surface area (Å²) in [6, 6.07) is 10.6. The molecule has 3 N–H and O–H groups in total. The van der Waals surface area contributed by atoms with E-state index in [1.165, 1.54) is 12.1 Å². The van der Waals surface area contributed by atoms with E-state index in [0.29, 0.717) is 15.8 Å². The van der Waals surface area contributed by atoms with Crippen LogP contribution in [-0.2, 0) is 12.7 Å². The van der Waals surface area contributed by atoms with Gasteiger partial charge >= 0.3 is 6.18 Å². The van der Waals surface area contributed by atoms with Crippen LogP contribution in [-0.4, -0.2) is 0 Å². The minimum atomic E-state index is -4.35. The molecule has 0 saturated carbocycles. The summed E-state index contributed by atoms with van der Waals surface area (Å²) >= 11 is 3.31. The molecule has 0 atom stereocenters. The van der Waals surface area contributed by atoms with E-state index in [9.17, 15) is 13.2 Å². The molecule has 106 valence electrons. The average Bonchev–Trinajstić information content (AvgIpc) is 2.37. The third-order valence-corrected chi connectivity index (χ3v) is 3.44. The number of anilines is 2. The van der Waals surface area contributed by atoms with Crippen LogP contribution in [0, 0.1) is 0 Å². The van der Waals surface area contributed by atoms with Gasteiger partial charge in [0, 0.05) is 22.4 Å². The largest absolute Gasteiger partial charge is 0.416 e. The molecule has 0 aliphatic rings. The van der Waals surface area contributed by atoms with Crippen LogP contribution in [0.5, 0.6) is 0 Å². The summed E-state index contributed by atoms with van der Waals surface area (Å²) in [4.78, 5) is 0. The number of halogens is 4. The summed E-state index contributed by atoms with van der Waals surface area (Å²) in [7, 11) is 0. The lowest BCUT2D eigenvalue weighted by Crippen LogP contribution is -2.11. The fourth-order valence-corrected chi connectivity index (χ4v) is 2.35. The minimum Gasteiger partial charge on any atom is -0.399 e. The predicted molar refractivity (Wildman–Crippen MR) is 77.3 cm³/mol. The van der Waals surface area contributed by atoms with Crippen LogP contribution in [0.2, 0.25) is 0 Å². The van der Waals surface area contributed by atoms with E-state index in [1.807, 2.05) is 0 Å². The zero-order valence-corrected chi connectivity index (χ0v) is 11.9. The van der Waals surface area contributed by atoms with Gasteiger partial charge in [0.05, 0.1) is 5.56 Å². The Bertz CT molecular complexity index is 612. The van der Waals surface area contributed by atoms with E-state index in [0.717, 1.165) is 6.07 Å². The third-order valence-electron chi connectivity index (χ3n) is 2.79. The Morgan fingerprint density at radius 2 is 1.80 bits per heavy atom. The maximum absolute atomic E-state index is 12.9. The molecule has 2 aromatic carbocycles. The van der Waals surface area contributed by atoms with E-state index in [2.05, 4.69) is 21.2 Å². The van der Waals surface area contributed by atoms with E-state index >= 15 is 0 Å². The van der Waals surface area contributed by atoms with Gasteiger partial charge in [0.15, 0.2) is 0 Å². The normalized spacial score (nSPS) is 11.4. The molecule has 6 heteroatoms. The van der Waals surface area contributed by atoms with Crippen molar-refractivity contribution in [2.24, 2.45) is 0 Å². The van der Waals surface area contributed by atoms with Crippen molar-refractivity contribution in [3.8, 4) is 0 Å². The molecule has 0 unspecified atom stereocenters. The van der Waals surface area contributed by atoms with E-state index in [1.54, 1.807) is 24.3 Å². The molecule has 0 bridgehead atoms. The number of hydrogen-bond donors (Lipinski definition) is 2. The first kappa shape index (κ1) is 14.7. The molecule has 0 aliphatic heterocycles. The Morgan fingerprint density at radius 1 is 1.10 bits per heavy atom. The lowest BCUT2D eigenvalue weighted by atomic mass is 10.1. The SMILES string of the molecule is Nc1ccc(NCc2ccccc2C(F)(F)F)c(Br)c1. The van der Waals surface area contributed by atoms with Crippen molar-refractivity contribution in [1.82, 2.24) is 0 Å². The fourth-order valence-electron chi connectivity index (χ4n) is 1.82. The summed E-state index contributed by atoms with van der Waals surface area (Å²) in [5, 5.41) is 2.97. The molecule has 2 rings (SSSR count). The quantitative estimate of drug-likeness (QED) is 0.794. The van der Waals surface area contributed by atoms with Gasteiger partial charge in [0.1, 0.15) is 0 Å². The number of alkyl halides is 3. The van der Waals surface area contributed by atoms with Crippen molar-refractivity contribution in [3.05, 3.63) is 58.1 Å². The van der Waals surface area contributed by atoms with E-state index in [4.69, 9.17) is 5.73 Å². The molecule has 0 fully saturated rings. The molecule has 20 heavy (non-hydrogen) atoms. The van der Waals surface area contributed by atoms with Crippen molar-refractivity contribution in [2.75, 3.05) is 11.1 Å². The Balaban J connectivity index is 2.19. The van der Waals surface area contributed by atoms with E-state index < -0.39 is 11.7 Å². The second-order valence-electron chi connectivity index (χ2n) is 4.25. The molecule has 0 spiro atoms. The smallest absolute Gasteiger partial charge is 0.399 e. The summed E-state index contributed by atoms with van der Waals surface area (Å²) in [6.45, 7) is 0.0815. The number of nitrogen functional groups attached to an aromatic ring is 1. The van der Waals surface area contributed by atoms with Crippen molar-refractivity contribution < 1.29 is 13.2 Å². The fraction of sp³-hybridized carbons (Fsp3) is 0.143. The van der Waals surface area contributed by atoms with Gasteiger partial charge in [-0.1, -0.05) is 18.2 Å². The highest BCUT2D eigenvalue weighted by molar-refractivity contribution is 9.10. The zero-order chi connectivity index (χ0) is 14.8. The van der Waals surface area contributed by atoms with Gasteiger partial charge in [0.2, 0.25) is 0 Å². The lowest BCUT2D eigenvalue weighted by molar-refractivity contribution is -0.138. The Morgan fingerprint density at radius 3 is 2.45 bits per heavy atom. The first-order valence-corrected chi connectivity index (χ1v) is 6.61. The van der Waals surface area contributed by atoms with Gasteiger partial charge in [-0.05, 0) is 45.8 Å². The molecule has 0 amide bonds. The Labute approximate surface area is 122 Å². The number of benzene rings is 2. The Hall–Kier alpha value is -1.69. The monoisotopic (exact) mass is 344 g/mol. The lowest BCUT2D eigenvalue weighted by Gasteiger charge is -2.14. The molecule has 0 aromatic heterocycles. The molecule has 2 aromatic rings. The standard InChI is InChI=1S/C14H12BrF3N2/c15-12-7-10(19)5-6-13(12)20-8-9-3-1-2-4-11(9)14(16,17)18/h1-7,20H,8,19H2. The number of hydrogen-bond acceptors (Lipinski definition) is 2. The maximum Gasteiger partial charge on any atom is 0.416 e. The second kappa shape index (κ2) is 5.75. The molecular formula is C14H12BrF3N2. The van der Waals surface area contributed by atoms with Crippen LogP contribution in [0.1, 0.15) is 11.1 Å². The van der Waals surface area contributed by atoms with Crippen molar-refractivity contribution >= 4 is 27.3 Å². The number of rotatable bonds is 3. The second-order valence-corrected chi connectivity index (χ2v) is 5.10. The van der Waals surface area contributed by atoms with Gasteiger partial charge in [-0.15, -0.1) is 0 Å². The van der Waals surface area contributed by atoms with Crippen molar-refractivity contribution in [1.29, 1.82) is 0 Å². The first-order valence-electron chi connectivity index (χ1n) is 5.82. The maximum atomic E-state index is 12.9. The highest BCUT2D eigenvalue weighted by Gasteiger charge is 2.32. The van der Waals surface area contributed by atoms with Gasteiger partial charge in [-0.25, -0.2) is 0 Å². The molecule has 0 aliphatic carbocycles. The summed E-state index contributed by atoms with van der Waals surface area (Å²) < 4.78 is 39.3. The van der Waals surface area contributed by atoms with Gasteiger partial charge in [-0.3, -0.25) is 0 Å². The molecular weight excluding hydrogens is 333 g/mol. The van der Waals surface area contributed by atoms with Crippen LogP contribution in [0.3, 0.4) is 0 Å². The van der Waals surface area contributed by atoms with Gasteiger partial charge in [-0.2, -0.15) is 13.2 Å². The van der Waals surface area contributed by atoms with E-state index in [-0.39, 0.29) is 12.1 Å². The molecule has 2 nitrogen and oxygen atoms in total. The molecule has 0 radical (unpaired) electrons. The van der Waals surface area contributed by atoms with Gasteiger partial charge in [0.25, 0.3) is 0 Å². The number of nitrogens with one attached hydrogen (secondary N) is 1. The minimum absolute atomic E-state index is 0.0815. The van der Waals surface area contributed by atoms with Crippen LogP contribution in [0.15, 0.2) is 46.9 Å². The van der Waals surface area contributed by atoms with Crippen molar-refractivity contribution in [3.63, 3.8) is 0 Å². The van der Waals surface area contributed by atoms with Gasteiger partial charge < -0.3 is 11.1 Å². The van der Waals surface area contributed by atoms with Crippen LogP contribution in [0.4, 0.5) is 24.5 Å². The first-order chi connectivity index (χ1) is 9.38. The van der Waals surface area contributed by atoms with Crippen molar-refractivity contribution in [2.45, 2.75) is 12.7 Å². The van der Waals surface area contributed by atoms with Crippen LogP contribution >= 0.6 is 15.9 Å². The Kier molecular flexibility index (Phi) is 4.23. The summed E-state index contributed by atoms with van der Waals surface area (Å²) in [5.74, 6) is 0. The molecule has 0 saturated heterocycles. The molecule has 0 heterocycles. The average molecular weight is 345 g/mol. The topological polar surface area (TPSA) is 38.0 Å². The number of nitrogens with two attached hydrogens (primary N) is 1. The van der Waals surface area contributed by atoms with Crippen LogP contribution < -0.4 is 11.1 Å². The summed E-state index contributed by atoms with van der Waals surface area (Å²) in [6.07, 6.45) is -4.35. The highest BCUT2D eigenvalue weighted by atomic mass is 79.9. The predicted octanol–water partition coefficient (Wildman–Crippen LogP) is 4.66.